The average Bonchev–Trinajstić information content (AvgIpc) is 2.58. The monoisotopic (exact) mass is 360 g/mol. The number of hydrogen-bond acceptors (Lipinski definition) is 3. The molecule has 3 atom stereocenters. The Labute approximate surface area is 159 Å². The molecule has 0 radical (unpaired) electrons. The minimum absolute atomic E-state index is 0.0475. The van der Waals surface area contributed by atoms with Crippen molar-refractivity contribution in [3.63, 3.8) is 0 Å². The lowest BCUT2D eigenvalue weighted by atomic mass is 9.90. The lowest BCUT2D eigenvalue weighted by Crippen LogP contribution is -2.21. The second-order valence-corrected chi connectivity index (χ2v) is 7.29. The molecule has 0 saturated carbocycles. The highest BCUT2D eigenvalue weighted by molar-refractivity contribution is 5.81. The minimum Gasteiger partial charge on any atom is -0.388 e. The third-order valence-corrected chi connectivity index (χ3v) is 4.51. The van der Waals surface area contributed by atoms with Gasteiger partial charge in [0.2, 0.25) is 0 Å². The van der Waals surface area contributed by atoms with Crippen molar-refractivity contribution in [2.24, 2.45) is 11.8 Å². The van der Waals surface area contributed by atoms with E-state index in [9.17, 15) is 14.7 Å². The summed E-state index contributed by atoms with van der Waals surface area (Å²) in [5.74, 6) is 0.300. The first kappa shape index (κ1) is 24.3. The van der Waals surface area contributed by atoms with Gasteiger partial charge in [0.05, 0.1) is 6.10 Å². The zero-order chi connectivity index (χ0) is 20.1. The van der Waals surface area contributed by atoms with Gasteiger partial charge in [-0.1, -0.05) is 62.8 Å². The van der Waals surface area contributed by atoms with Crippen molar-refractivity contribution in [3.05, 3.63) is 47.6 Å². The average molecular weight is 361 g/mol. The molecule has 0 aliphatic carbocycles. The van der Waals surface area contributed by atoms with E-state index < -0.39 is 6.10 Å². The number of carbonyl (C=O) groups is 2. The van der Waals surface area contributed by atoms with Gasteiger partial charge in [-0.05, 0) is 45.1 Å². The molecule has 0 amide bonds. The van der Waals surface area contributed by atoms with Gasteiger partial charge in [-0.15, -0.1) is 0 Å². The van der Waals surface area contributed by atoms with Crippen molar-refractivity contribution >= 4 is 11.6 Å². The smallest absolute Gasteiger partial charge is 0.138 e. The number of aliphatic hydroxyl groups is 1. The third-order valence-electron chi connectivity index (χ3n) is 4.51. The van der Waals surface area contributed by atoms with E-state index in [4.69, 9.17) is 0 Å². The summed E-state index contributed by atoms with van der Waals surface area (Å²) in [7, 11) is 0. The molecule has 0 heterocycles. The van der Waals surface area contributed by atoms with Crippen LogP contribution in [-0.4, -0.2) is 22.8 Å². The summed E-state index contributed by atoms with van der Waals surface area (Å²) >= 11 is 0. The number of aliphatic hydroxyl groups excluding tert-OH is 1. The zero-order valence-corrected chi connectivity index (χ0v) is 17.3. The molecule has 1 N–H and O–H groups in total. The van der Waals surface area contributed by atoms with Crippen LogP contribution in [0.25, 0.3) is 0 Å². The fourth-order valence-electron chi connectivity index (χ4n) is 2.42. The highest BCUT2D eigenvalue weighted by Gasteiger charge is 2.19. The van der Waals surface area contributed by atoms with E-state index in [0.717, 1.165) is 12.8 Å². The molecule has 3 heteroatoms. The maximum Gasteiger partial charge on any atom is 0.138 e. The molecule has 0 aromatic carbocycles. The van der Waals surface area contributed by atoms with Crippen molar-refractivity contribution in [3.8, 4) is 0 Å². The minimum atomic E-state index is -0.799. The summed E-state index contributed by atoms with van der Waals surface area (Å²) in [5, 5.41) is 10.1. The predicted octanol–water partition coefficient (Wildman–Crippen LogP) is 5.36. The van der Waals surface area contributed by atoms with Crippen LogP contribution in [0.4, 0.5) is 0 Å². The first-order valence-corrected chi connectivity index (χ1v) is 9.54. The summed E-state index contributed by atoms with van der Waals surface area (Å²) in [6, 6.07) is 0. The van der Waals surface area contributed by atoms with Gasteiger partial charge in [0.1, 0.15) is 11.6 Å². The summed E-state index contributed by atoms with van der Waals surface area (Å²) in [5.41, 5.74) is 2.03. The van der Waals surface area contributed by atoms with Crippen LogP contribution in [0.1, 0.15) is 67.2 Å². The number of allylic oxidation sites excluding steroid dienone is 7. The van der Waals surface area contributed by atoms with Crippen LogP contribution in [0.15, 0.2) is 47.6 Å². The van der Waals surface area contributed by atoms with Crippen LogP contribution in [-0.2, 0) is 9.59 Å². The Bertz CT molecular complexity index is 564. The van der Waals surface area contributed by atoms with Crippen molar-refractivity contribution in [2.45, 2.75) is 73.3 Å². The van der Waals surface area contributed by atoms with Crippen molar-refractivity contribution in [2.75, 3.05) is 0 Å². The third kappa shape index (κ3) is 11.8. The van der Waals surface area contributed by atoms with Gasteiger partial charge in [-0.3, -0.25) is 9.59 Å². The standard InChI is InChI=1S/C23H36O3/c1-7-17(2)11-9-8-10-12-18(3)15-20(5)23(26)16-22(25)19(4)13-14-21(6)24/h8-13,18,20,22,25H,7,14-16H2,1-6H3/b9-8+,12-10+,17-11+,19-13+/t18-,20-,22+/m1/s1. The van der Waals surface area contributed by atoms with Crippen LogP contribution < -0.4 is 0 Å². The SMILES string of the molecule is CC/C(C)=C/C=C/C=C/[C@@H](C)C[C@@H](C)C(=O)C[C@H](O)/C(C)=C/CC(C)=O. The zero-order valence-electron chi connectivity index (χ0n) is 17.3. The molecule has 0 bridgehead atoms. The Morgan fingerprint density at radius 1 is 1.04 bits per heavy atom. The van der Waals surface area contributed by atoms with Gasteiger partial charge < -0.3 is 5.11 Å². The Morgan fingerprint density at radius 2 is 1.69 bits per heavy atom. The van der Waals surface area contributed by atoms with E-state index in [-0.39, 0.29) is 23.9 Å². The van der Waals surface area contributed by atoms with Crippen molar-refractivity contribution in [1.29, 1.82) is 0 Å². The predicted molar refractivity (Wildman–Crippen MR) is 110 cm³/mol. The molecular weight excluding hydrogens is 324 g/mol. The molecule has 0 spiro atoms. The van der Waals surface area contributed by atoms with Crippen molar-refractivity contribution < 1.29 is 14.7 Å². The number of hydrogen-bond donors (Lipinski definition) is 1. The fourth-order valence-corrected chi connectivity index (χ4v) is 2.42. The molecule has 0 saturated heterocycles. The van der Waals surface area contributed by atoms with Gasteiger partial charge in [-0.2, -0.15) is 0 Å². The van der Waals surface area contributed by atoms with E-state index in [1.54, 1.807) is 13.0 Å². The number of rotatable bonds is 12. The van der Waals surface area contributed by atoms with Gasteiger partial charge >= 0.3 is 0 Å². The second kappa shape index (κ2) is 13.5. The van der Waals surface area contributed by atoms with Gasteiger partial charge in [0.25, 0.3) is 0 Å². The van der Waals surface area contributed by atoms with Crippen LogP contribution in [0.2, 0.25) is 0 Å². The fraction of sp³-hybridized carbons (Fsp3) is 0.565. The largest absolute Gasteiger partial charge is 0.388 e. The number of Topliss-reactive ketones (excluding diaryl/α,β-unsaturated/α-hetero) is 2. The Hall–Kier alpha value is -1.74. The quantitative estimate of drug-likeness (QED) is 0.376. The molecule has 0 unspecified atom stereocenters. The highest BCUT2D eigenvalue weighted by Crippen LogP contribution is 2.18. The molecule has 0 aromatic rings. The molecule has 26 heavy (non-hydrogen) atoms. The summed E-state index contributed by atoms with van der Waals surface area (Å²) < 4.78 is 0. The molecule has 0 aliphatic heterocycles. The lowest BCUT2D eigenvalue weighted by molar-refractivity contribution is -0.124. The Kier molecular flexibility index (Phi) is 12.6. The van der Waals surface area contributed by atoms with Crippen LogP contribution >= 0.6 is 0 Å². The van der Waals surface area contributed by atoms with Crippen LogP contribution in [0, 0.1) is 11.8 Å². The first-order valence-electron chi connectivity index (χ1n) is 9.54. The molecule has 146 valence electrons. The Morgan fingerprint density at radius 3 is 2.27 bits per heavy atom. The van der Waals surface area contributed by atoms with Crippen LogP contribution in [0.5, 0.6) is 0 Å². The maximum atomic E-state index is 12.3. The molecule has 0 aliphatic rings. The summed E-state index contributed by atoms with van der Waals surface area (Å²) in [6.07, 6.45) is 13.4. The van der Waals surface area contributed by atoms with Gasteiger partial charge in [0.15, 0.2) is 0 Å². The van der Waals surface area contributed by atoms with Gasteiger partial charge in [0, 0.05) is 18.8 Å². The Balaban J connectivity index is 4.44. The van der Waals surface area contributed by atoms with Gasteiger partial charge in [-0.25, -0.2) is 0 Å². The molecule has 3 nitrogen and oxygen atoms in total. The molecular formula is C23H36O3. The van der Waals surface area contributed by atoms with Crippen LogP contribution in [0.3, 0.4) is 0 Å². The second-order valence-electron chi connectivity index (χ2n) is 7.29. The summed E-state index contributed by atoms with van der Waals surface area (Å²) in [4.78, 5) is 23.3. The first-order chi connectivity index (χ1) is 12.2. The van der Waals surface area contributed by atoms with E-state index >= 15 is 0 Å². The highest BCUT2D eigenvalue weighted by atomic mass is 16.3. The number of ketones is 2. The maximum absolute atomic E-state index is 12.3. The lowest BCUT2D eigenvalue weighted by Gasteiger charge is -2.16. The summed E-state index contributed by atoms with van der Waals surface area (Å²) in [6.45, 7) is 11.5. The van der Waals surface area contributed by atoms with Crippen molar-refractivity contribution in [1.82, 2.24) is 0 Å². The topological polar surface area (TPSA) is 54.4 Å². The normalized spacial score (nSPS) is 16.9. The van der Waals surface area contributed by atoms with E-state index in [0.29, 0.717) is 17.9 Å². The van der Waals surface area contributed by atoms with E-state index in [1.165, 1.54) is 12.5 Å². The molecule has 0 aromatic heterocycles. The molecule has 0 fully saturated rings. The number of carbonyl (C=O) groups excluding carboxylic acids is 2. The van der Waals surface area contributed by atoms with E-state index in [1.807, 2.05) is 25.2 Å². The molecule has 0 rings (SSSR count). The van der Waals surface area contributed by atoms with E-state index in [2.05, 4.69) is 32.9 Å².